The molecule has 0 fully saturated rings. The summed E-state index contributed by atoms with van der Waals surface area (Å²) in [6.45, 7) is 0.0417. The predicted molar refractivity (Wildman–Crippen MR) is 106 cm³/mol. The summed E-state index contributed by atoms with van der Waals surface area (Å²) < 4.78 is 36.4. The van der Waals surface area contributed by atoms with E-state index in [0.717, 1.165) is 6.26 Å². The van der Waals surface area contributed by atoms with Crippen LogP contribution in [0.4, 0.5) is 17.1 Å². The molecular weight excluding hydrogens is 402 g/mol. The van der Waals surface area contributed by atoms with Gasteiger partial charge < -0.3 is 14.8 Å². The maximum Gasteiger partial charge on any atom is 0.271 e. The van der Waals surface area contributed by atoms with E-state index in [9.17, 15) is 23.3 Å². The lowest BCUT2D eigenvalue weighted by Gasteiger charge is -2.20. The second kappa shape index (κ2) is 7.95. The number of nitrogens with one attached hydrogen (secondary N) is 1. The average Bonchev–Trinajstić information content (AvgIpc) is 2.87. The third kappa shape index (κ3) is 4.40. The zero-order valence-electron chi connectivity index (χ0n) is 15.7. The molecule has 11 heteroatoms. The summed E-state index contributed by atoms with van der Waals surface area (Å²) in [7, 11) is -2.20. The van der Waals surface area contributed by atoms with Crippen LogP contribution in [0, 0.1) is 10.1 Å². The Labute approximate surface area is 167 Å². The van der Waals surface area contributed by atoms with Crippen molar-refractivity contribution in [3.05, 3.63) is 52.6 Å². The first-order valence-corrected chi connectivity index (χ1v) is 10.4. The summed E-state index contributed by atoms with van der Waals surface area (Å²) in [4.78, 5) is 23.2. The molecule has 0 unspecified atom stereocenters. The van der Waals surface area contributed by atoms with E-state index in [1.807, 2.05) is 0 Å². The molecule has 0 bridgehead atoms. The number of non-ortho nitro benzene ring substituents is 1. The molecule has 0 spiro atoms. The second-order valence-corrected chi connectivity index (χ2v) is 8.24. The number of nitro benzene ring substituents is 1. The molecule has 2 aromatic rings. The minimum atomic E-state index is -3.57. The summed E-state index contributed by atoms with van der Waals surface area (Å²) in [6.07, 6.45) is 0.162. The van der Waals surface area contributed by atoms with Crippen molar-refractivity contribution < 1.29 is 27.6 Å². The zero-order valence-corrected chi connectivity index (χ0v) is 16.5. The third-order valence-electron chi connectivity index (χ3n) is 4.34. The number of anilines is 2. The Morgan fingerprint density at radius 2 is 2.03 bits per heavy atom. The van der Waals surface area contributed by atoms with Gasteiger partial charge in [-0.25, -0.2) is 8.42 Å². The maximum absolute atomic E-state index is 12.8. The number of benzene rings is 2. The van der Waals surface area contributed by atoms with Crippen LogP contribution in [0.25, 0.3) is 0 Å². The molecule has 0 aromatic heterocycles. The van der Waals surface area contributed by atoms with Gasteiger partial charge in [-0.05, 0) is 18.2 Å². The van der Waals surface area contributed by atoms with E-state index in [1.165, 1.54) is 29.6 Å². The summed E-state index contributed by atoms with van der Waals surface area (Å²) in [5.74, 6) is -0.0775. The summed E-state index contributed by atoms with van der Waals surface area (Å²) >= 11 is 0. The lowest BCUT2D eigenvalue weighted by atomic mass is 10.2. The standard InChI is InChI=1S/C18H19N3O7S/c1-27-15-8-7-12(21(23)24)11-13(15)19-18(22)17-9-10-20(29(2,25)26)14-5-3-4-6-16(14)28-17/h3-8,11,17H,9-10H2,1-2H3,(H,19,22)/t17-/m1/s1. The van der Waals surface area contributed by atoms with E-state index in [1.54, 1.807) is 24.3 Å². The normalized spacial score (nSPS) is 16.2. The molecule has 3 rings (SSSR count). The maximum atomic E-state index is 12.8. The van der Waals surface area contributed by atoms with E-state index in [-0.39, 0.29) is 35.8 Å². The number of fused-ring (bicyclic) bond motifs is 1. The number of nitro groups is 1. The number of rotatable bonds is 5. The van der Waals surface area contributed by atoms with Crippen LogP contribution in [0.3, 0.4) is 0 Å². The van der Waals surface area contributed by atoms with Crippen molar-refractivity contribution in [2.75, 3.05) is 29.5 Å². The Morgan fingerprint density at radius 1 is 1.31 bits per heavy atom. The first-order chi connectivity index (χ1) is 13.7. The van der Waals surface area contributed by atoms with Crippen LogP contribution in [0.1, 0.15) is 6.42 Å². The molecule has 0 aliphatic carbocycles. The van der Waals surface area contributed by atoms with Crippen LogP contribution in [0.5, 0.6) is 11.5 Å². The number of carbonyl (C=O) groups is 1. The number of sulfonamides is 1. The molecule has 1 atom stereocenters. The Kier molecular flexibility index (Phi) is 5.59. The molecule has 1 aliphatic rings. The highest BCUT2D eigenvalue weighted by atomic mass is 32.2. The number of hydrogen-bond donors (Lipinski definition) is 1. The fraction of sp³-hybridized carbons (Fsp3) is 0.278. The number of ether oxygens (including phenoxy) is 2. The molecule has 0 saturated heterocycles. The van der Waals surface area contributed by atoms with E-state index in [2.05, 4.69) is 5.32 Å². The van der Waals surface area contributed by atoms with Gasteiger partial charge in [-0.1, -0.05) is 12.1 Å². The van der Waals surface area contributed by atoms with Crippen molar-refractivity contribution in [3.8, 4) is 11.5 Å². The molecule has 1 N–H and O–H groups in total. The minimum absolute atomic E-state index is 0.0417. The van der Waals surface area contributed by atoms with Crippen LogP contribution in [-0.4, -0.2) is 45.3 Å². The minimum Gasteiger partial charge on any atom is -0.495 e. The molecule has 0 saturated carbocycles. The SMILES string of the molecule is COc1ccc([N+](=O)[O-])cc1NC(=O)[C@H]1CCN(S(C)(=O)=O)c2ccccc2O1. The summed E-state index contributed by atoms with van der Waals surface area (Å²) in [6, 6.07) is 10.3. The van der Waals surface area contributed by atoms with Gasteiger partial charge >= 0.3 is 0 Å². The van der Waals surface area contributed by atoms with Gasteiger partial charge in [-0.2, -0.15) is 0 Å². The highest BCUT2D eigenvalue weighted by Crippen LogP contribution is 2.35. The molecule has 154 valence electrons. The van der Waals surface area contributed by atoms with Crippen LogP contribution in [-0.2, 0) is 14.8 Å². The molecular formula is C18H19N3O7S. The lowest BCUT2D eigenvalue weighted by molar-refractivity contribution is -0.384. The lowest BCUT2D eigenvalue weighted by Crippen LogP contribution is -2.36. The predicted octanol–water partition coefficient (Wildman–Crippen LogP) is 2.16. The monoisotopic (exact) mass is 421 g/mol. The van der Waals surface area contributed by atoms with E-state index < -0.39 is 27.0 Å². The highest BCUT2D eigenvalue weighted by Gasteiger charge is 2.31. The Balaban J connectivity index is 1.88. The zero-order chi connectivity index (χ0) is 21.2. The van der Waals surface area contributed by atoms with Crippen molar-refractivity contribution >= 4 is 33.0 Å². The van der Waals surface area contributed by atoms with Crippen LogP contribution in [0.2, 0.25) is 0 Å². The van der Waals surface area contributed by atoms with E-state index >= 15 is 0 Å². The van der Waals surface area contributed by atoms with Gasteiger partial charge in [0.25, 0.3) is 11.6 Å². The molecule has 2 aromatic carbocycles. The van der Waals surface area contributed by atoms with Gasteiger partial charge in [-0.3, -0.25) is 19.2 Å². The van der Waals surface area contributed by atoms with Gasteiger partial charge in [0, 0.05) is 25.1 Å². The summed E-state index contributed by atoms with van der Waals surface area (Å²) in [5.41, 5.74) is 0.252. The number of amides is 1. The number of hydrogen-bond acceptors (Lipinski definition) is 7. The molecule has 10 nitrogen and oxygen atoms in total. The first-order valence-electron chi connectivity index (χ1n) is 8.57. The number of para-hydroxylation sites is 2. The third-order valence-corrected chi connectivity index (χ3v) is 5.52. The van der Waals surface area contributed by atoms with Crippen molar-refractivity contribution in [3.63, 3.8) is 0 Å². The van der Waals surface area contributed by atoms with Gasteiger partial charge in [0.2, 0.25) is 10.0 Å². The fourth-order valence-corrected chi connectivity index (χ4v) is 3.92. The first kappa shape index (κ1) is 20.4. The topological polar surface area (TPSA) is 128 Å². The largest absolute Gasteiger partial charge is 0.495 e. The highest BCUT2D eigenvalue weighted by molar-refractivity contribution is 7.92. The van der Waals surface area contributed by atoms with Crippen molar-refractivity contribution in [1.82, 2.24) is 0 Å². The van der Waals surface area contributed by atoms with E-state index in [0.29, 0.717) is 5.69 Å². The van der Waals surface area contributed by atoms with Crippen molar-refractivity contribution in [1.29, 1.82) is 0 Å². The van der Waals surface area contributed by atoms with Gasteiger partial charge in [0.1, 0.15) is 11.5 Å². The fourth-order valence-electron chi connectivity index (χ4n) is 2.98. The molecule has 1 amide bonds. The molecule has 0 radical (unpaired) electrons. The number of nitrogens with zero attached hydrogens (tertiary/aromatic N) is 2. The molecule has 1 aliphatic heterocycles. The van der Waals surface area contributed by atoms with Gasteiger partial charge in [0.15, 0.2) is 6.10 Å². The van der Waals surface area contributed by atoms with Gasteiger partial charge in [-0.15, -0.1) is 0 Å². The van der Waals surface area contributed by atoms with Crippen molar-refractivity contribution in [2.45, 2.75) is 12.5 Å². The second-order valence-electron chi connectivity index (χ2n) is 6.33. The Hall–Kier alpha value is -3.34. The van der Waals surface area contributed by atoms with Crippen LogP contribution in [0.15, 0.2) is 42.5 Å². The molecule has 1 heterocycles. The van der Waals surface area contributed by atoms with Crippen LogP contribution >= 0.6 is 0 Å². The number of carbonyl (C=O) groups excluding carboxylic acids is 1. The Morgan fingerprint density at radius 3 is 2.69 bits per heavy atom. The average molecular weight is 421 g/mol. The molecule has 29 heavy (non-hydrogen) atoms. The van der Waals surface area contributed by atoms with Gasteiger partial charge in [0.05, 0.1) is 29.7 Å². The quantitative estimate of drug-likeness (QED) is 0.579. The number of methoxy groups -OCH3 is 1. The Bertz CT molecular complexity index is 1060. The smallest absolute Gasteiger partial charge is 0.271 e. The van der Waals surface area contributed by atoms with E-state index in [4.69, 9.17) is 9.47 Å². The van der Waals surface area contributed by atoms with Crippen molar-refractivity contribution in [2.24, 2.45) is 0 Å². The van der Waals surface area contributed by atoms with Crippen LogP contribution < -0.4 is 19.1 Å². The summed E-state index contributed by atoms with van der Waals surface area (Å²) in [5, 5.41) is 13.6.